The van der Waals surface area contributed by atoms with E-state index in [1.807, 2.05) is 43.3 Å². The second kappa shape index (κ2) is 10.9. The number of nitrogens with two attached hydrogens (primary N) is 1. The number of hydrogen-bond donors (Lipinski definition) is 1. The molecule has 2 heterocycles. The third kappa shape index (κ3) is 5.26. The maximum Gasteiger partial charge on any atom is 0.267 e. The Hall–Kier alpha value is -4.78. The van der Waals surface area contributed by atoms with Crippen LogP contribution in [0.2, 0.25) is 0 Å². The number of rotatable bonds is 9. The van der Waals surface area contributed by atoms with Crippen LogP contribution in [0.3, 0.4) is 0 Å². The van der Waals surface area contributed by atoms with Gasteiger partial charge in [-0.15, -0.1) is 0 Å². The van der Waals surface area contributed by atoms with E-state index in [0.717, 1.165) is 5.56 Å². The predicted molar refractivity (Wildman–Crippen MR) is 135 cm³/mol. The molecule has 2 aromatic heterocycles. The van der Waals surface area contributed by atoms with E-state index in [0.29, 0.717) is 29.1 Å². The summed E-state index contributed by atoms with van der Waals surface area (Å²) in [7, 11) is 0. The molecule has 10 nitrogen and oxygen atoms in total. The van der Waals surface area contributed by atoms with Crippen molar-refractivity contribution < 1.29 is 14.1 Å². The summed E-state index contributed by atoms with van der Waals surface area (Å²) in [5.74, 6) is -0.637. The summed E-state index contributed by atoms with van der Waals surface area (Å²) in [5, 5.41) is 13.3. The van der Waals surface area contributed by atoms with Crippen molar-refractivity contribution in [3.63, 3.8) is 0 Å². The number of nitriles is 1. The summed E-state index contributed by atoms with van der Waals surface area (Å²) in [6.07, 6.45) is 0.311. The van der Waals surface area contributed by atoms with Gasteiger partial charge < -0.3 is 15.2 Å². The van der Waals surface area contributed by atoms with Crippen LogP contribution in [-0.2, 0) is 11.3 Å². The minimum Gasteiger partial charge on any atom is -0.370 e. The number of carbonyl (C=O) groups is 2. The summed E-state index contributed by atoms with van der Waals surface area (Å²) >= 11 is 0. The van der Waals surface area contributed by atoms with Crippen molar-refractivity contribution in [3.8, 4) is 6.07 Å². The third-order valence-corrected chi connectivity index (χ3v) is 6.16. The predicted octanol–water partition coefficient (Wildman–Crippen LogP) is 3.08. The van der Waals surface area contributed by atoms with Gasteiger partial charge in [-0.05, 0) is 43.2 Å². The normalized spacial score (nSPS) is 11.7. The van der Waals surface area contributed by atoms with Gasteiger partial charge in [0.05, 0.1) is 29.9 Å². The number of nitrogens with zero attached hydrogens (tertiary/aromatic N) is 5. The molecule has 37 heavy (non-hydrogen) atoms. The van der Waals surface area contributed by atoms with Crippen LogP contribution in [0.5, 0.6) is 0 Å². The smallest absolute Gasteiger partial charge is 0.267 e. The van der Waals surface area contributed by atoms with Crippen molar-refractivity contribution in [2.75, 3.05) is 6.54 Å². The molecule has 10 heteroatoms. The molecule has 0 spiro atoms. The Morgan fingerprint density at radius 2 is 1.86 bits per heavy atom. The summed E-state index contributed by atoms with van der Waals surface area (Å²) in [5.41, 5.74) is 7.22. The van der Waals surface area contributed by atoms with Crippen LogP contribution in [0.1, 0.15) is 58.8 Å². The van der Waals surface area contributed by atoms with Gasteiger partial charge >= 0.3 is 0 Å². The first kappa shape index (κ1) is 25.3. The molecule has 0 saturated carbocycles. The van der Waals surface area contributed by atoms with E-state index in [9.17, 15) is 14.4 Å². The van der Waals surface area contributed by atoms with Crippen LogP contribution in [0.4, 0.5) is 0 Å². The molecule has 0 fully saturated rings. The number of carbonyl (C=O) groups excluding carboxylic acids is 2. The number of hydrogen-bond acceptors (Lipinski definition) is 7. The van der Waals surface area contributed by atoms with Crippen LogP contribution in [0.15, 0.2) is 63.9 Å². The van der Waals surface area contributed by atoms with E-state index in [-0.39, 0.29) is 42.1 Å². The molecule has 0 radical (unpaired) electrons. The fraction of sp³-hybridized carbons (Fsp3) is 0.259. The summed E-state index contributed by atoms with van der Waals surface area (Å²) < 4.78 is 6.86. The molecule has 0 saturated heterocycles. The molecule has 0 aliphatic heterocycles. The van der Waals surface area contributed by atoms with Crippen molar-refractivity contribution in [1.29, 1.82) is 5.26 Å². The molecule has 2 N–H and O–H groups in total. The average molecular weight is 499 g/mol. The lowest BCUT2D eigenvalue weighted by Gasteiger charge is -2.32. The first-order chi connectivity index (χ1) is 17.8. The van der Waals surface area contributed by atoms with Crippen LogP contribution in [-0.4, -0.2) is 38.0 Å². The van der Waals surface area contributed by atoms with Gasteiger partial charge in [0.2, 0.25) is 5.91 Å². The average Bonchev–Trinajstić information content (AvgIpc) is 3.28. The Morgan fingerprint density at radius 3 is 2.49 bits per heavy atom. The van der Waals surface area contributed by atoms with E-state index in [1.54, 1.807) is 31.2 Å². The van der Waals surface area contributed by atoms with Gasteiger partial charge in [0.1, 0.15) is 11.2 Å². The largest absolute Gasteiger partial charge is 0.370 e. The molecular weight excluding hydrogens is 472 g/mol. The highest BCUT2D eigenvalue weighted by atomic mass is 16.5. The number of aryl methyl sites for hydroxylation is 1. The maximum atomic E-state index is 13.7. The quantitative estimate of drug-likeness (QED) is 0.373. The summed E-state index contributed by atoms with van der Waals surface area (Å²) in [4.78, 5) is 45.2. The standard InChI is InChI=1S/C27H26N6O4/c1-3-21(32(14-13-22(29)34)26(35)20-11-9-18(15-28)10-12-20)24-30-25-23(17(2)31-37-25)27(36)33(24)16-19-7-5-4-6-8-19/h4-12,21H,3,13-14,16H2,1-2H3,(H2,29,34). The number of aromatic nitrogens is 3. The highest BCUT2D eigenvalue weighted by Gasteiger charge is 2.30. The van der Waals surface area contributed by atoms with E-state index >= 15 is 0 Å². The third-order valence-electron chi connectivity index (χ3n) is 6.16. The van der Waals surface area contributed by atoms with Crippen molar-refractivity contribution in [2.24, 2.45) is 5.73 Å². The number of benzene rings is 2. The molecule has 0 aliphatic rings. The van der Waals surface area contributed by atoms with Crippen molar-refractivity contribution in [2.45, 2.75) is 39.3 Å². The first-order valence-electron chi connectivity index (χ1n) is 11.8. The zero-order valence-electron chi connectivity index (χ0n) is 20.5. The van der Waals surface area contributed by atoms with E-state index in [2.05, 4.69) is 10.1 Å². The molecule has 0 bridgehead atoms. The Bertz CT molecular complexity index is 1530. The van der Waals surface area contributed by atoms with Crippen molar-refractivity contribution >= 4 is 22.9 Å². The van der Waals surface area contributed by atoms with E-state index in [4.69, 9.17) is 15.5 Å². The van der Waals surface area contributed by atoms with E-state index < -0.39 is 11.9 Å². The number of amides is 2. The van der Waals surface area contributed by atoms with Gasteiger partial charge in [-0.3, -0.25) is 19.0 Å². The number of fused-ring (bicyclic) bond motifs is 1. The number of primary amides is 1. The molecule has 0 aliphatic carbocycles. The van der Waals surface area contributed by atoms with Gasteiger partial charge in [-0.2, -0.15) is 10.2 Å². The Morgan fingerprint density at radius 1 is 1.16 bits per heavy atom. The minimum atomic E-state index is -0.686. The summed E-state index contributed by atoms with van der Waals surface area (Å²) in [6, 6.07) is 17.0. The molecule has 2 amide bonds. The summed E-state index contributed by atoms with van der Waals surface area (Å²) in [6.45, 7) is 3.77. The van der Waals surface area contributed by atoms with Gasteiger partial charge in [-0.1, -0.05) is 42.4 Å². The Balaban J connectivity index is 1.87. The Kier molecular flexibility index (Phi) is 7.44. The Labute approximate surface area is 212 Å². The maximum absolute atomic E-state index is 13.7. The zero-order valence-corrected chi connectivity index (χ0v) is 20.5. The molecule has 4 aromatic rings. The van der Waals surface area contributed by atoms with Crippen molar-refractivity contribution in [3.05, 3.63) is 93.2 Å². The SMILES string of the molecule is CCC(c1nc2onc(C)c2c(=O)n1Cc1ccccc1)N(CCC(N)=O)C(=O)c1ccc(C#N)cc1. The molecular formula is C27H26N6O4. The van der Waals surface area contributed by atoms with Gasteiger partial charge in [0.25, 0.3) is 17.2 Å². The highest BCUT2D eigenvalue weighted by molar-refractivity contribution is 5.95. The van der Waals surface area contributed by atoms with Crippen LogP contribution >= 0.6 is 0 Å². The second-order valence-corrected chi connectivity index (χ2v) is 8.62. The first-order valence-corrected chi connectivity index (χ1v) is 11.8. The van der Waals surface area contributed by atoms with Crippen LogP contribution in [0.25, 0.3) is 11.1 Å². The van der Waals surface area contributed by atoms with Crippen molar-refractivity contribution in [1.82, 2.24) is 19.6 Å². The monoisotopic (exact) mass is 498 g/mol. The fourth-order valence-corrected chi connectivity index (χ4v) is 4.28. The zero-order chi connectivity index (χ0) is 26.5. The molecule has 1 atom stereocenters. The van der Waals surface area contributed by atoms with Gasteiger partial charge in [0.15, 0.2) is 0 Å². The van der Waals surface area contributed by atoms with E-state index in [1.165, 1.54) is 9.47 Å². The highest BCUT2D eigenvalue weighted by Crippen LogP contribution is 2.27. The van der Waals surface area contributed by atoms with Gasteiger partial charge in [0, 0.05) is 18.5 Å². The lowest BCUT2D eigenvalue weighted by molar-refractivity contribution is -0.118. The molecule has 188 valence electrons. The minimum absolute atomic E-state index is 0.0152. The lowest BCUT2D eigenvalue weighted by atomic mass is 10.1. The molecule has 2 aromatic carbocycles. The van der Waals surface area contributed by atoms with Crippen LogP contribution < -0.4 is 11.3 Å². The van der Waals surface area contributed by atoms with Gasteiger partial charge in [-0.25, -0.2) is 0 Å². The molecule has 1 unspecified atom stereocenters. The van der Waals surface area contributed by atoms with Crippen LogP contribution in [0, 0.1) is 18.3 Å². The lowest BCUT2D eigenvalue weighted by Crippen LogP contribution is -2.40. The fourth-order valence-electron chi connectivity index (χ4n) is 4.28. The topological polar surface area (TPSA) is 148 Å². The second-order valence-electron chi connectivity index (χ2n) is 8.62. The molecule has 4 rings (SSSR count).